The fourth-order valence-corrected chi connectivity index (χ4v) is 2.14. The highest BCUT2D eigenvalue weighted by Crippen LogP contribution is 2.20. The lowest BCUT2D eigenvalue weighted by atomic mass is 10.2. The van der Waals surface area contributed by atoms with E-state index in [1.807, 2.05) is 42.6 Å². The lowest BCUT2D eigenvalue weighted by Gasteiger charge is -2.10. The first-order valence-electron chi connectivity index (χ1n) is 7.02. The van der Waals surface area contributed by atoms with Gasteiger partial charge in [-0.1, -0.05) is 12.1 Å². The van der Waals surface area contributed by atoms with E-state index in [2.05, 4.69) is 39.3 Å². The molecule has 0 saturated carbocycles. The highest BCUT2D eigenvalue weighted by Gasteiger charge is 2.05. The minimum atomic E-state index is 0.851. The molecule has 0 radical (unpaired) electrons. The number of anilines is 1. The highest BCUT2D eigenvalue weighted by molar-refractivity contribution is 5.79. The molecule has 0 atom stereocenters. The molecule has 0 fully saturated rings. The van der Waals surface area contributed by atoms with Gasteiger partial charge in [0.1, 0.15) is 11.6 Å². The first kappa shape index (κ1) is 13.6. The molecule has 2 heterocycles. The van der Waals surface area contributed by atoms with Crippen LogP contribution in [-0.4, -0.2) is 47.0 Å². The van der Waals surface area contributed by atoms with Gasteiger partial charge in [-0.15, -0.1) is 0 Å². The summed E-state index contributed by atoms with van der Waals surface area (Å²) in [6.45, 7) is 1.86. The highest BCUT2D eigenvalue weighted by atomic mass is 15.1. The normalized spacial score (nSPS) is 11.2. The number of imidazole rings is 1. The van der Waals surface area contributed by atoms with E-state index >= 15 is 0 Å². The maximum absolute atomic E-state index is 4.58. The molecular weight excluding hydrogens is 262 g/mol. The number of rotatable bonds is 5. The number of aromatic nitrogens is 3. The third-order valence-electron chi connectivity index (χ3n) is 3.29. The molecule has 21 heavy (non-hydrogen) atoms. The van der Waals surface area contributed by atoms with E-state index in [1.165, 1.54) is 0 Å². The van der Waals surface area contributed by atoms with Crippen molar-refractivity contribution >= 4 is 16.9 Å². The summed E-state index contributed by atoms with van der Waals surface area (Å²) >= 11 is 0. The Hall–Kier alpha value is -2.40. The summed E-state index contributed by atoms with van der Waals surface area (Å²) in [6, 6.07) is 12.0. The van der Waals surface area contributed by atoms with Gasteiger partial charge in [-0.05, 0) is 38.4 Å². The molecule has 2 N–H and O–H groups in total. The molecule has 2 aromatic heterocycles. The molecule has 0 saturated heterocycles. The number of hydrogen-bond acceptors (Lipinski definition) is 4. The number of fused-ring (bicyclic) bond motifs is 1. The number of hydrogen-bond donors (Lipinski definition) is 2. The molecule has 0 unspecified atom stereocenters. The number of likely N-dealkylation sites (N-methyl/N-ethyl adjacent to an activating group) is 1. The molecule has 0 bridgehead atoms. The second-order valence-electron chi connectivity index (χ2n) is 5.26. The fraction of sp³-hybridized carbons (Fsp3) is 0.250. The molecule has 0 amide bonds. The molecule has 5 nitrogen and oxygen atoms in total. The lowest BCUT2D eigenvalue weighted by Crippen LogP contribution is -2.21. The van der Waals surface area contributed by atoms with Gasteiger partial charge in [-0.3, -0.25) is 0 Å². The summed E-state index contributed by atoms with van der Waals surface area (Å²) in [6.07, 6.45) is 1.84. The Balaban J connectivity index is 1.74. The van der Waals surface area contributed by atoms with E-state index < -0.39 is 0 Å². The van der Waals surface area contributed by atoms with Gasteiger partial charge in [0.15, 0.2) is 0 Å². The van der Waals surface area contributed by atoms with Gasteiger partial charge in [0.05, 0.1) is 11.0 Å². The molecule has 0 spiro atoms. The van der Waals surface area contributed by atoms with Gasteiger partial charge in [0, 0.05) is 24.8 Å². The Bertz CT molecular complexity index is 682. The van der Waals surface area contributed by atoms with Crippen molar-refractivity contribution in [3.05, 3.63) is 42.6 Å². The van der Waals surface area contributed by atoms with Crippen molar-refractivity contribution in [3.8, 4) is 11.4 Å². The van der Waals surface area contributed by atoms with E-state index in [-0.39, 0.29) is 0 Å². The largest absolute Gasteiger partial charge is 0.369 e. The van der Waals surface area contributed by atoms with E-state index in [0.717, 1.165) is 41.3 Å². The summed E-state index contributed by atoms with van der Waals surface area (Å²) in [5.41, 5.74) is 3.01. The van der Waals surface area contributed by atoms with Gasteiger partial charge in [-0.2, -0.15) is 0 Å². The first-order valence-corrected chi connectivity index (χ1v) is 7.02. The minimum Gasteiger partial charge on any atom is -0.369 e. The second-order valence-corrected chi connectivity index (χ2v) is 5.26. The summed E-state index contributed by atoms with van der Waals surface area (Å²) < 4.78 is 0. The fourth-order valence-electron chi connectivity index (χ4n) is 2.14. The molecule has 1 aromatic carbocycles. The van der Waals surface area contributed by atoms with Crippen molar-refractivity contribution in [3.63, 3.8) is 0 Å². The van der Waals surface area contributed by atoms with Crippen molar-refractivity contribution in [1.82, 2.24) is 19.9 Å². The third-order valence-corrected chi connectivity index (χ3v) is 3.29. The van der Waals surface area contributed by atoms with Gasteiger partial charge < -0.3 is 15.2 Å². The van der Waals surface area contributed by atoms with E-state index in [1.54, 1.807) is 0 Å². The van der Waals surface area contributed by atoms with Crippen molar-refractivity contribution < 1.29 is 0 Å². The standard InChI is InChI=1S/C16H19N5/c1-21(2)10-9-17-15-8-7-12(11-18-15)16-19-13-5-3-4-6-14(13)20-16/h3-8,11H,9-10H2,1-2H3,(H,17,18)(H,19,20). The molecule has 0 aliphatic rings. The maximum Gasteiger partial charge on any atom is 0.140 e. The van der Waals surface area contributed by atoms with Crippen molar-refractivity contribution in [2.24, 2.45) is 0 Å². The van der Waals surface area contributed by atoms with Crippen LogP contribution in [0.4, 0.5) is 5.82 Å². The van der Waals surface area contributed by atoms with Crippen LogP contribution in [0.25, 0.3) is 22.4 Å². The maximum atomic E-state index is 4.58. The third kappa shape index (κ3) is 3.20. The monoisotopic (exact) mass is 281 g/mol. The van der Waals surface area contributed by atoms with Crippen LogP contribution in [-0.2, 0) is 0 Å². The number of nitrogens with zero attached hydrogens (tertiary/aromatic N) is 3. The Morgan fingerprint density at radius 2 is 2.00 bits per heavy atom. The Morgan fingerprint density at radius 3 is 2.71 bits per heavy atom. The van der Waals surface area contributed by atoms with E-state index in [0.29, 0.717) is 0 Å². The van der Waals surface area contributed by atoms with Crippen LogP contribution < -0.4 is 5.32 Å². The smallest absolute Gasteiger partial charge is 0.140 e. The zero-order valence-electron chi connectivity index (χ0n) is 12.3. The van der Waals surface area contributed by atoms with Crippen molar-refractivity contribution in [2.45, 2.75) is 0 Å². The van der Waals surface area contributed by atoms with Crippen LogP contribution in [0, 0.1) is 0 Å². The van der Waals surface area contributed by atoms with E-state index in [9.17, 15) is 0 Å². The first-order chi connectivity index (χ1) is 10.2. The molecule has 0 aliphatic carbocycles. The Morgan fingerprint density at radius 1 is 1.14 bits per heavy atom. The molecule has 3 rings (SSSR count). The van der Waals surface area contributed by atoms with Gasteiger partial charge in [0.2, 0.25) is 0 Å². The Kier molecular flexibility index (Phi) is 3.83. The zero-order chi connectivity index (χ0) is 14.7. The number of nitrogens with one attached hydrogen (secondary N) is 2. The summed E-state index contributed by atoms with van der Waals surface area (Å²) in [5, 5.41) is 3.30. The molecule has 5 heteroatoms. The van der Waals surface area contributed by atoms with Crippen LogP contribution in [0.15, 0.2) is 42.6 Å². The minimum absolute atomic E-state index is 0.851. The van der Waals surface area contributed by atoms with Crippen molar-refractivity contribution in [2.75, 3.05) is 32.5 Å². The number of H-pyrrole nitrogens is 1. The quantitative estimate of drug-likeness (QED) is 0.755. The van der Waals surface area contributed by atoms with Gasteiger partial charge in [0.25, 0.3) is 0 Å². The summed E-state index contributed by atoms with van der Waals surface area (Å²) in [4.78, 5) is 14.5. The second kappa shape index (κ2) is 5.93. The van der Waals surface area contributed by atoms with E-state index in [4.69, 9.17) is 0 Å². The predicted octanol–water partition coefficient (Wildman–Crippen LogP) is 2.60. The van der Waals surface area contributed by atoms with Gasteiger partial charge in [-0.25, -0.2) is 9.97 Å². The topological polar surface area (TPSA) is 56.8 Å². The van der Waals surface area contributed by atoms with Crippen LogP contribution in [0.1, 0.15) is 0 Å². The number of benzene rings is 1. The van der Waals surface area contributed by atoms with Gasteiger partial charge >= 0.3 is 0 Å². The van der Waals surface area contributed by atoms with Crippen molar-refractivity contribution in [1.29, 1.82) is 0 Å². The predicted molar refractivity (Wildman–Crippen MR) is 86.4 cm³/mol. The number of aromatic amines is 1. The average Bonchev–Trinajstić information content (AvgIpc) is 2.91. The number of para-hydroxylation sites is 2. The van der Waals surface area contributed by atoms with Crippen LogP contribution in [0.2, 0.25) is 0 Å². The molecule has 108 valence electrons. The molecule has 3 aromatic rings. The zero-order valence-corrected chi connectivity index (χ0v) is 12.3. The van der Waals surface area contributed by atoms with Crippen LogP contribution in [0.5, 0.6) is 0 Å². The average molecular weight is 281 g/mol. The van der Waals surface area contributed by atoms with Crippen LogP contribution in [0.3, 0.4) is 0 Å². The van der Waals surface area contributed by atoms with Crippen LogP contribution >= 0.6 is 0 Å². The molecular formula is C16H19N5. The Labute approximate surface area is 124 Å². The molecule has 0 aliphatic heterocycles. The lowest BCUT2D eigenvalue weighted by molar-refractivity contribution is 0.425. The summed E-state index contributed by atoms with van der Waals surface area (Å²) in [7, 11) is 4.11. The number of pyridine rings is 1. The summed E-state index contributed by atoms with van der Waals surface area (Å²) in [5.74, 6) is 1.74. The SMILES string of the molecule is CN(C)CCNc1ccc(-c2nc3ccccc3[nH]2)cn1.